The van der Waals surface area contributed by atoms with E-state index in [4.69, 9.17) is 0 Å². The first-order valence-electron chi connectivity index (χ1n) is 9.06. The molecule has 2 aromatic carbocycles. The van der Waals surface area contributed by atoms with Gasteiger partial charge in [0.2, 0.25) is 0 Å². The van der Waals surface area contributed by atoms with Gasteiger partial charge in [0.15, 0.2) is 0 Å². The fraction of sp³-hybridized carbons (Fsp3) is 0.174. The van der Waals surface area contributed by atoms with Crippen LogP contribution in [0.4, 0.5) is 26.3 Å². The van der Waals surface area contributed by atoms with Crippen molar-refractivity contribution in [1.29, 1.82) is 0 Å². The molecule has 1 aliphatic rings. The van der Waals surface area contributed by atoms with E-state index in [-0.39, 0.29) is 5.70 Å². The van der Waals surface area contributed by atoms with Crippen LogP contribution >= 0.6 is 11.8 Å². The molecule has 162 valence electrons. The second kappa shape index (κ2) is 8.42. The van der Waals surface area contributed by atoms with E-state index in [0.717, 1.165) is 29.2 Å². The molecule has 0 saturated heterocycles. The van der Waals surface area contributed by atoms with Gasteiger partial charge in [0.25, 0.3) is 0 Å². The highest BCUT2D eigenvalue weighted by atomic mass is 32.2. The number of hydrogen-bond donors (Lipinski definition) is 0. The fourth-order valence-electron chi connectivity index (χ4n) is 2.98. The summed E-state index contributed by atoms with van der Waals surface area (Å²) in [5.41, 5.74) is 0.818. The Balaban J connectivity index is 1.96. The van der Waals surface area contributed by atoms with Crippen molar-refractivity contribution in [2.45, 2.75) is 26.2 Å². The van der Waals surface area contributed by atoms with Gasteiger partial charge in [-0.2, -0.15) is 26.3 Å². The number of alkyl halides is 6. The topological polar surface area (TPSA) is 12.4 Å². The van der Waals surface area contributed by atoms with Gasteiger partial charge in [-0.1, -0.05) is 42.6 Å². The molecule has 2 aromatic rings. The highest BCUT2D eigenvalue weighted by molar-refractivity contribution is 8.18. The van der Waals surface area contributed by atoms with E-state index in [1.54, 1.807) is 13.0 Å². The van der Waals surface area contributed by atoms with Gasteiger partial charge in [0.1, 0.15) is 5.04 Å². The molecule has 0 saturated carbocycles. The minimum Gasteiger partial charge on any atom is -0.241 e. The van der Waals surface area contributed by atoms with Crippen molar-refractivity contribution < 1.29 is 26.3 Å². The average molecular weight is 453 g/mol. The zero-order chi connectivity index (χ0) is 23.0. The molecule has 8 heteroatoms. The third-order valence-corrected chi connectivity index (χ3v) is 5.59. The van der Waals surface area contributed by atoms with Crippen molar-refractivity contribution in [3.05, 3.63) is 93.9 Å². The van der Waals surface area contributed by atoms with Crippen LogP contribution in [0.25, 0.3) is 11.3 Å². The zero-order valence-corrected chi connectivity index (χ0v) is 17.3. The van der Waals surface area contributed by atoms with Crippen molar-refractivity contribution in [3.8, 4) is 0 Å². The van der Waals surface area contributed by atoms with Gasteiger partial charge in [-0.15, -0.1) is 0 Å². The molecule has 1 nitrogen and oxygen atoms in total. The highest BCUT2D eigenvalue weighted by Gasteiger charge is 2.31. The Labute approximate surface area is 179 Å². The van der Waals surface area contributed by atoms with Crippen molar-refractivity contribution in [1.82, 2.24) is 0 Å². The molecule has 0 fully saturated rings. The summed E-state index contributed by atoms with van der Waals surface area (Å²) in [5.74, 6) is 0. The number of aliphatic imine (C=N–C) groups is 1. The van der Waals surface area contributed by atoms with Gasteiger partial charge in [0.05, 0.1) is 16.8 Å². The lowest BCUT2D eigenvalue weighted by atomic mass is 9.99. The van der Waals surface area contributed by atoms with Gasteiger partial charge in [-0.3, -0.25) is 0 Å². The normalized spacial score (nSPS) is 17.7. The summed E-state index contributed by atoms with van der Waals surface area (Å²) in [5, 5.41) is 0.525. The Kier molecular flexibility index (Phi) is 6.23. The second-order valence-electron chi connectivity index (χ2n) is 6.91. The van der Waals surface area contributed by atoms with Gasteiger partial charge in [-0.05, 0) is 65.8 Å². The van der Waals surface area contributed by atoms with Gasteiger partial charge >= 0.3 is 12.4 Å². The summed E-state index contributed by atoms with van der Waals surface area (Å²) >= 11 is 1.33. The Morgan fingerprint density at radius 2 is 1.48 bits per heavy atom. The lowest BCUT2D eigenvalue weighted by molar-refractivity contribution is -0.138. The van der Waals surface area contributed by atoms with Crippen LogP contribution in [-0.2, 0) is 12.4 Å². The number of rotatable bonds is 3. The number of nitrogens with zero attached hydrogens (tertiary/aromatic N) is 1. The molecule has 0 atom stereocenters. The second-order valence-corrected chi connectivity index (χ2v) is 8.15. The fourth-order valence-corrected chi connectivity index (χ4v) is 3.94. The molecule has 0 amide bonds. The summed E-state index contributed by atoms with van der Waals surface area (Å²) in [6.07, 6.45) is -7.07. The number of thioether (sulfide) groups is 1. The molecule has 1 aliphatic heterocycles. The molecular formula is C23H17F6NS. The zero-order valence-electron chi connectivity index (χ0n) is 16.5. The smallest absolute Gasteiger partial charge is 0.241 e. The highest BCUT2D eigenvalue weighted by Crippen LogP contribution is 2.38. The first-order chi connectivity index (χ1) is 14.4. The minimum absolute atomic E-state index is 0.258. The summed E-state index contributed by atoms with van der Waals surface area (Å²) < 4.78 is 77.5. The molecule has 0 aromatic heterocycles. The van der Waals surface area contributed by atoms with E-state index in [9.17, 15) is 26.3 Å². The third kappa shape index (κ3) is 5.31. The van der Waals surface area contributed by atoms with Gasteiger partial charge in [0, 0.05) is 5.57 Å². The number of halogens is 6. The maximum atomic E-state index is 13.1. The van der Waals surface area contributed by atoms with E-state index in [0.29, 0.717) is 27.3 Å². The average Bonchev–Trinajstić information content (AvgIpc) is 3.06. The quantitative estimate of drug-likeness (QED) is 0.427. The van der Waals surface area contributed by atoms with Crippen LogP contribution in [0.3, 0.4) is 0 Å². The summed E-state index contributed by atoms with van der Waals surface area (Å²) in [6.45, 7) is 7.39. The monoisotopic (exact) mass is 453 g/mol. The van der Waals surface area contributed by atoms with Gasteiger partial charge in [-0.25, -0.2) is 4.99 Å². The maximum Gasteiger partial charge on any atom is 0.416 e. The molecule has 0 bridgehead atoms. The van der Waals surface area contributed by atoms with Crippen LogP contribution in [0.15, 0.2) is 76.7 Å². The minimum atomic E-state index is -4.45. The van der Waals surface area contributed by atoms with Crippen molar-refractivity contribution in [3.63, 3.8) is 0 Å². The van der Waals surface area contributed by atoms with Crippen molar-refractivity contribution in [2.24, 2.45) is 4.99 Å². The van der Waals surface area contributed by atoms with Crippen LogP contribution in [0, 0.1) is 0 Å². The standard InChI is InChI=1S/C23H17F6NS/c1-13-11-20(14(2)17-5-4-6-19(12-17)23(27,28)29)21(31-13)30-15(3)16-7-9-18(10-8-16)22(24,25)26/h4-12H,3H2,1-2H3/b20-14+,30-21?. The van der Waals surface area contributed by atoms with E-state index >= 15 is 0 Å². The molecule has 0 spiro atoms. The summed E-state index contributed by atoms with van der Waals surface area (Å²) in [7, 11) is 0. The van der Waals surface area contributed by atoms with Gasteiger partial charge < -0.3 is 0 Å². The lowest BCUT2D eigenvalue weighted by Crippen LogP contribution is -2.05. The van der Waals surface area contributed by atoms with E-state index < -0.39 is 23.5 Å². The summed E-state index contributed by atoms with van der Waals surface area (Å²) in [6, 6.07) is 9.51. The van der Waals surface area contributed by atoms with E-state index in [1.807, 2.05) is 13.0 Å². The van der Waals surface area contributed by atoms with Crippen LogP contribution in [0.2, 0.25) is 0 Å². The molecule has 3 rings (SSSR count). The number of benzene rings is 2. The Morgan fingerprint density at radius 1 is 0.871 bits per heavy atom. The first-order valence-corrected chi connectivity index (χ1v) is 9.88. The molecule has 0 aliphatic carbocycles. The van der Waals surface area contributed by atoms with Crippen molar-refractivity contribution in [2.75, 3.05) is 0 Å². The molecule has 0 unspecified atom stereocenters. The maximum absolute atomic E-state index is 13.1. The van der Waals surface area contributed by atoms with E-state index in [1.165, 1.54) is 30.0 Å². The molecule has 0 N–H and O–H groups in total. The van der Waals surface area contributed by atoms with Crippen LogP contribution in [0.1, 0.15) is 36.1 Å². The predicted octanol–water partition coefficient (Wildman–Crippen LogP) is 8.22. The number of hydrogen-bond acceptors (Lipinski definition) is 2. The third-order valence-electron chi connectivity index (χ3n) is 4.64. The van der Waals surface area contributed by atoms with Crippen molar-refractivity contribution >= 4 is 28.1 Å². The lowest BCUT2D eigenvalue weighted by Gasteiger charge is -2.11. The Hall–Kier alpha value is -2.74. The Morgan fingerprint density at radius 3 is 2.06 bits per heavy atom. The van der Waals surface area contributed by atoms with Crippen LogP contribution in [-0.4, -0.2) is 5.04 Å². The van der Waals surface area contributed by atoms with E-state index in [2.05, 4.69) is 11.6 Å². The molecule has 31 heavy (non-hydrogen) atoms. The largest absolute Gasteiger partial charge is 0.416 e. The molecule has 0 radical (unpaired) electrons. The molecular weight excluding hydrogens is 436 g/mol. The Bertz CT molecular complexity index is 1100. The predicted molar refractivity (Wildman–Crippen MR) is 113 cm³/mol. The summed E-state index contributed by atoms with van der Waals surface area (Å²) in [4.78, 5) is 5.35. The van der Waals surface area contributed by atoms with Crippen LogP contribution in [0.5, 0.6) is 0 Å². The molecule has 1 heterocycles. The SMILES string of the molecule is C=C(N=C1SC(C)=C/C1=C(/C)c1cccc(C(F)(F)F)c1)c1ccc(C(F)(F)F)cc1. The number of allylic oxidation sites excluding steroid dienone is 3. The van der Waals surface area contributed by atoms with Crippen LogP contribution < -0.4 is 0 Å². The first kappa shape index (κ1) is 22.9.